The summed E-state index contributed by atoms with van der Waals surface area (Å²) in [6.45, 7) is 6.04. The van der Waals surface area contributed by atoms with Crippen LogP contribution in [0.15, 0.2) is 17.0 Å². The highest BCUT2D eigenvalue weighted by Gasteiger charge is 2.32. The van der Waals surface area contributed by atoms with Gasteiger partial charge in [-0.15, -0.1) is 0 Å². The van der Waals surface area contributed by atoms with E-state index in [1.807, 2.05) is 13.8 Å². The van der Waals surface area contributed by atoms with Crippen molar-refractivity contribution in [2.75, 3.05) is 13.1 Å². The van der Waals surface area contributed by atoms with Crippen molar-refractivity contribution in [3.8, 4) is 0 Å². The quantitative estimate of drug-likeness (QED) is 0.931. The van der Waals surface area contributed by atoms with E-state index in [-0.39, 0.29) is 16.0 Å². The van der Waals surface area contributed by atoms with Crippen molar-refractivity contribution in [3.63, 3.8) is 0 Å². The van der Waals surface area contributed by atoms with Crippen molar-refractivity contribution >= 4 is 10.0 Å². The van der Waals surface area contributed by atoms with E-state index >= 15 is 0 Å². The van der Waals surface area contributed by atoms with Crippen molar-refractivity contribution < 1.29 is 17.9 Å². The normalized spacial score (nSPS) is 24.2. The second kappa shape index (κ2) is 6.02. The Kier molecular flexibility index (Phi) is 4.70. The van der Waals surface area contributed by atoms with Crippen LogP contribution in [0, 0.1) is 24.6 Å². The Bertz CT molecular complexity index is 620. The third-order valence-electron chi connectivity index (χ3n) is 3.95. The van der Waals surface area contributed by atoms with Crippen LogP contribution in [-0.4, -0.2) is 30.9 Å². The van der Waals surface area contributed by atoms with Crippen molar-refractivity contribution in [2.45, 2.75) is 38.7 Å². The van der Waals surface area contributed by atoms with E-state index in [1.54, 1.807) is 0 Å². The first-order chi connectivity index (χ1) is 9.75. The molecule has 118 valence electrons. The van der Waals surface area contributed by atoms with Gasteiger partial charge in [0.25, 0.3) is 0 Å². The van der Waals surface area contributed by atoms with Gasteiger partial charge in [0.15, 0.2) is 0 Å². The van der Waals surface area contributed by atoms with Gasteiger partial charge in [-0.1, -0.05) is 13.8 Å². The molecule has 0 aliphatic carbocycles. The number of piperidine rings is 1. The Morgan fingerprint density at radius 1 is 1.29 bits per heavy atom. The molecule has 1 saturated heterocycles. The monoisotopic (exact) mass is 315 g/mol. The lowest BCUT2D eigenvalue weighted by atomic mass is 9.94. The Balaban J connectivity index is 2.42. The number of sulfonamides is 1. The van der Waals surface area contributed by atoms with Crippen LogP contribution in [0.5, 0.6) is 0 Å². The number of aliphatic hydroxyl groups is 1. The van der Waals surface area contributed by atoms with E-state index in [0.29, 0.717) is 24.9 Å². The number of aliphatic hydroxyl groups excluding tert-OH is 1. The lowest BCUT2D eigenvalue weighted by molar-refractivity contribution is 0.222. The molecule has 1 aliphatic rings. The third-order valence-corrected chi connectivity index (χ3v) is 5.76. The number of hydrogen-bond donors (Lipinski definition) is 1. The highest BCUT2D eigenvalue weighted by atomic mass is 32.2. The molecule has 1 aromatic carbocycles. The van der Waals surface area contributed by atoms with Crippen LogP contribution >= 0.6 is 0 Å². The number of hydrogen-bond acceptors (Lipinski definition) is 3. The molecule has 2 unspecified atom stereocenters. The summed E-state index contributed by atoms with van der Waals surface area (Å²) in [5.74, 6) is 0.0709. The maximum absolute atomic E-state index is 13.8. The highest BCUT2D eigenvalue weighted by Crippen LogP contribution is 2.28. The van der Waals surface area contributed by atoms with Gasteiger partial charge in [-0.2, -0.15) is 4.31 Å². The van der Waals surface area contributed by atoms with E-state index in [1.165, 1.54) is 23.4 Å². The summed E-state index contributed by atoms with van der Waals surface area (Å²) in [5, 5.41) is 9.18. The number of rotatable bonds is 3. The summed E-state index contributed by atoms with van der Waals surface area (Å²) in [6.07, 6.45) is 1.01. The average molecular weight is 315 g/mol. The Morgan fingerprint density at radius 3 is 2.38 bits per heavy atom. The van der Waals surface area contributed by atoms with Crippen LogP contribution in [0.2, 0.25) is 0 Å². The van der Waals surface area contributed by atoms with Gasteiger partial charge in [0.1, 0.15) is 5.82 Å². The molecule has 0 bridgehead atoms. The van der Waals surface area contributed by atoms with Crippen LogP contribution < -0.4 is 0 Å². The Labute approximate surface area is 125 Å². The van der Waals surface area contributed by atoms with Gasteiger partial charge in [0.05, 0.1) is 11.5 Å². The number of halogens is 1. The molecule has 1 aromatic rings. The molecule has 0 saturated carbocycles. The largest absolute Gasteiger partial charge is 0.392 e. The summed E-state index contributed by atoms with van der Waals surface area (Å²) in [6, 6.07) is 2.58. The third kappa shape index (κ3) is 3.27. The van der Waals surface area contributed by atoms with Gasteiger partial charge < -0.3 is 5.11 Å². The first kappa shape index (κ1) is 16.4. The standard InChI is InChI=1S/C15H22FNO3S/c1-10-4-11(2)8-17(7-10)21(19,20)14-5-12(3)15(16)13(6-14)9-18/h5-6,10-11,18H,4,7-9H2,1-3H3. The van der Waals surface area contributed by atoms with Crippen LogP contribution in [0.25, 0.3) is 0 Å². The van der Waals surface area contributed by atoms with Crippen LogP contribution in [-0.2, 0) is 16.6 Å². The number of aryl methyl sites for hydroxylation is 1. The molecule has 0 aromatic heterocycles. The van der Waals surface area contributed by atoms with Crippen LogP contribution in [0.3, 0.4) is 0 Å². The van der Waals surface area contributed by atoms with Crippen LogP contribution in [0.4, 0.5) is 4.39 Å². The van der Waals surface area contributed by atoms with E-state index < -0.39 is 22.4 Å². The predicted molar refractivity (Wildman–Crippen MR) is 78.8 cm³/mol. The topological polar surface area (TPSA) is 57.6 Å². The molecule has 1 N–H and O–H groups in total. The van der Waals surface area contributed by atoms with Gasteiger partial charge in [0, 0.05) is 18.7 Å². The van der Waals surface area contributed by atoms with E-state index in [2.05, 4.69) is 0 Å². The zero-order valence-corrected chi connectivity index (χ0v) is 13.5. The lowest BCUT2D eigenvalue weighted by Gasteiger charge is -2.34. The molecule has 6 heteroatoms. The van der Waals surface area contributed by atoms with Gasteiger partial charge >= 0.3 is 0 Å². The zero-order valence-electron chi connectivity index (χ0n) is 12.6. The van der Waals surface area contributed by atoms with Gasteiger partial charge in [-0.25, -0.2) is 12.8 Å². The van der Waals surface area contributed by atoms with E-state index in [4.69, 9.17) is 0 Å². The number of benzene rings is 1. The molecule has 0 spiro atoms. The van der Waals surface area contributed by atoms with Crippen LogP contribution in [0.1, 0.15) is 31.4 Å². The second-order valence-corrected chi connectivity index (χ2v) is 8.08. The summed E-state index contributed by atoms with van der Waals surface area (Å²) in [7, 11) is -3.64. The van der Waals surface area contributed by atoms with Gasteiger partial charge in [-0.05, 0) is 42.9 Å². The molecule has 0 amide bonds. The first-order valence-electron chi connectivity index (χ1n) is 7.15. The lowest BCUT2D eigenvalue weighted by Crippen LogP contribution is -2.42. The van der Waals surface area contributed by atoms with Gasteiger partial charge in [-0.3, -0.25) is 0 Å². The molecular weight excluding hydrogens is 293 g/mol. The summed E-state index contributed by atoms with van der Waals surface area (Å²) in [5.41, 5.74) is 0.255. The van der Waals surface area contributed by atoms with Gasteiger partial charge in [0.2, 0.25) is 10.0 Å². The molecule has 1 fully saturated rings. The first-order valence-corrected chi connectivity index (χ1v) is 8.59. The molecule has 0 radical (unpaired) electrons. The summed E-state index contributed by atoms with van der Waals surface area (Å²) in [4.78, 5) is 0.0618. The fraction of sp³-hybridized carbons (Fsp3) is 0.600. The fourth-order valence-corrected chi connectivity index (χ4v) is 4.84. The summed E-state index contributed by atoms with van der Waals surface area (Å²) < 4.78 is 40.7. The molecule has 1 heterocycles. The minimum absolute atomic E-state index is 0.0201. The molecule has 1 aliphatic heterocycles. The second-order valence-electron chi connectivity index (χ2n) is 6.14. The molecule has 4 nitrogen and oxygen atoms in total. The minimum atomic E-state index is -3.64. The van der Waals surface area contributed by atoms with Crippen molar-refractivity contribution in [1.82, 2.24) is 4.31 Å². The molecule has 2 rings (SSSR count). The number of nitrogens with zero attached hydrogens (tertiary/aromatic N) is 1. The highest BCUT2D eigenvalue weighted by molar-refractivity contribution is 7.89. The Hall–Kier alpha value is -0.980. The maximum Gasteiger partial charge on any atom is 0.243 e. The molecule has 2 atom stereocenters. The predicted octanol–water partition coefficient (Wildman–Crippen LogP) is 2.29. The van der Waals surface area contributed by atoms with Crippen molar-refractivity contribution in [1.29, 1.82) is 0 Å². The van der Waals surface area contributed by atoms with E-state index in [9.17, 15) is 17.9 Å². The smallest absolute Gasteiger partial charge is 0.243 e. The average Bonchev–Trinajstić information content (AvgIpc) is 2.40. The Morgan fingerprint density at radius 2 is 1.86 bits per heavy atom. The van der Waals surface area contributed by atoms with Crippen molar-refractivity contribution in [2.24, 2.45) is 11.8 Å². The van der Waals surface area contributed by atoms with Crippen molar-refractivity contribution in [3.05, 3.63) is 29.1 Å². The fourth-order valence-electron chi connectivity index (χ4n) is 3.02. The van der Waals surface area contributed by atoms with E-state index in [0.717, 1.165) is 6.42 Å². The zero-order chi connectivity index (χ0) is 15.8. The minimum Gasteiger partial charge on any atom is -0.392 e. The molecule has 21 heavy (non-hydrogen) atoms. The SMILES string of the molecule is Cc1cc(S(=O)(=O)N2CC(C)CC(C)C2)cc(CO)c1F. The molecular formula is C15H22FNO3S. The maximum atomic E-state index is 13.8. The summed E-state index contributed by atoms with van der Waals surface area (Å²) >= 11 is 0.